The number of piperazine rings is 1. The van der Waals surface area contributed by atoms with Crippen LogP contribution >= 0.6 is 0 Å². The van der Waals surface area contributed by atoms with E-state index < -0.39 is 0 Å². The van der Waals surface area contributed by atoms with Gasteiger partial charge in [-0.25, -0.2) is 0 Å². The fourth-order valence-electron chi connectivity index (χ4n) is 2.81. The van der Waals surface area contributed by atoms with Crippen LogP contribution in [0.3, 0.4) is 0 Å². The van der Waals surface area contributed by atoms with Crippen LogP contribution in [0.1, 0.15) is 31.1 Å². The van der Waals surface area contributed by atoms with E-state index in [4.69, 9.17) is 4.74 Å². The predicted octanol–water partition coefficient (Wildman–Crippen LogP) is 1.59. The van der Waals surface area contributed by atoms with Crippen LogP contribution in [0.15, 0.2) is 18.2 Å². The quantitative estimate of drug-likeness (QED) is 0.897. The summed E-state index contributed by atoms with van der Waals surface area (Å²) < 4.78 is 5.21. The first-order valence-corrected chi connectivity index (χ1v) is 8.37. The Labute approximate surface area is 147 Å². The van der Waals surface area contributed by atoms with Crippen LogP contribution in [0.2, 0.25) is 0 Å². The molecule has 1 fully saturated rings. The zero-order valence-electron chi connectivity index (χ0n) is 15.2. The molecule has 0 aromatic heterocycles. The van der Waals surface area contributed by atoms with Crippen molar-refractivity contribution in [2.24, 2.45) is 5.92 Å². The number of nitrogens with one attached hydrogen (secondary N) is 1. The number of benzene rings is 1. The van der Waals surface area contributed by atoms with E-state index in [0.717, 1.165) is 0 Å². The fraction of sp³-hybridized carbons (Fsp3) is 0.500. The molecule has 136 valence electrons. The lowest BCUT2D eigenvalue weighted by atomic mass is 10.1. The van der Waals surface area contributed by atoms with Crippen LogP contribution in [-0.4, -0.2) is 60.8 Å². The summed E-state index contributed by atoms with van der Waals surface area (Å²) in [5.74, 6) is 0.224. The van der Waals surface area contributed by atoms with Crippen molar-refractivity contribution < 1.29 is 19.1 Å². The number of carbonyl (C=O) groups is 3. The molecule has 1 aromatic rings. The molecule has 1 saturated heterocycles. The molecule has 0 bridgehead atoms. The van der Waals surface area contributed by atoms with Gasteiger partial charge in [-0.05, 0) is 18.2 Å². The highest BCUT2D eigenvalue weighted by atomic mass is 16.5. The van der Waals surface area contributed by atoms with Crippen molar-refractivity contribution in [3.63, 3.8) is 0 Å². The molecule has 1 aliphatic rings. The van der Waals surface area contributed by atoms with Crippen molar-refractivity contribution in [3.05, 3.63) is 23.8 Å². The van der Waals surface area contributed by atoms with E-state index in [1.54, 1.807) is 28.0 Å². The molecule has 7 heteroatoms. The highest BCUT2D eigenvalue weighted by Gasteiger charge is 2.26. The number of nitrogens with zero attached hydrogens (tertiary/aromatic N) is 2. The molecule has 0 spiro atoms. The molecular weight excluding hydrogens is 322 g/mol. The summed E-state index contributed by atoms with van der Waals surface area (Å²) in [6, 6.07) is 4.96. The van der Waals surface area contributed by atoms with Crippen LogP contribution < -0.4 is 10.1 Å². The maximum absolute atomic E-state index is 12.7. The number of ether oxygens (including phenoxy) is 1. The van der Waals surface area contributed by atoms with Crippen molar-refractivity contribution in [2.45, 2.75) is 20.8 Å². The molecule has 1 N–H and O–H groups in total. The van der Waals surface area contributed by atoms with E-state index >= 15 is 0 Å². The van der Waals surface area contributed by atoms with Crippen LogP contribution in [0.5, 0.6) is 5.75 Å². The number of carbonyl (C=O) groups excluding carboxylic acids is 3. The molecular formula is C18H25N3O4. The lowest BCUT2D eigenvalue weighted by Crippen LogP contribution is -2.51. The number of rotatable bonds is 4. The van der Waals surface area contributed by atoms with Gasteiger partial charge in [0.1, 0.15) is 5.75 Å². The van der Waals surface area contributed by atoms with Crippen LogP contribution in [0.25, 0.3) is 0 Å². The smallest absolute Gasteiger partial charge is 0.254 e. The van der Waals surface area contributed by atoms with Gasteiger partial charge in [-0.2, -0.15) is 0 Å². The SMILES string of the molecule is COc1ccc(C(=O)N2CCN(C(=O)C(C)C)CC2)cc1NC(C)=O. The van der Waals surface area contributed by atoms with Gasteiger partial charge in [0.15, 0.2) is 0 Å². The van der Waals surface area contributed by atoms with Crippen LogP contribution in [0.4, 0.5) is 5.69 Å². The summed E-state index contributed by atoms with van der Waals surface area (Å²) in [4.78, 5) is 39.6. The molecule has 0 saturated carbocycles. The Bertz CT molecular complexity index is 664. The van der Waals surface area contributed by atoms with Gasteiger partial charge in [0.05, 0.1) is 12.8 Å². The van der Waals surface area contributed by atoms with E-state index in [-0.39, 0.29) is 23.6 Å². The minimum absolute atomic E-state index is 0.0379. The predicted molar refractivity (Wildman–Crippen MR) is 94.6 cm³/mol. The van der Waals surface area contributed by atoms with E-state index in [2.05, 4.69) is 5.32 Å². The topological polar surface area (TPSA) is 79.0 Å². The number of anilines is 1. The zero-order chi connectivity index (χ0) is 18.6. The first-order chi connectivity index (χ1) is 11.8. The number of hydrogen-bond acceptors (Lipinski definition) is 4. The van der Waals surface area contributed by atoms with Gasteiger partial charge in [-0.15, -0.1) is 0 Å². The largest absolute Gasteiger partial charge is 0.495 e. The van der Waals surface area contributed by atoms with Crippen molar-refractivity contribution in [3.8, 4) is 5.75 Å². The van der Waals surface area contributed by atoms with Crippen molar-refractivity contribution in [2.75, 3.05) is 38.6 Å². The number of amides is 3. The fourth-order valence-corrected chi connectivity index (χ4v) is 2.81. The summed E-state index contributed by atoms with van der Waals surface area (Å²) in [7, 11) is 1.51. The van der Waals surface area contributed by atoms with Crippen LogP contribution in [0, 0.1) is 5.92 Å². The van der Waals surface area contributed by atoms with Gasteiger partial charge in [-0.1, -0.05) is 13.8 Å². The molecule has 7 nitrogen and oxygen atoms in total. The van der Waals surface area contributed by atoms with Crippen LogP contribution in [-0.2, 0) is 9.59 Å². The molecule has 1 heterocycles. The van der Waals surface area contributed by atoms with Gasteiger partial charge in [0, 0.05) is 44.6 Å². The third-order valence-electron chi connectivity index (χ3n) is 4.13. The van der Waals surface area contributed by atoms with Gasteiger partial charge >= 0.3 is 0 Å². The van der Waals surface area contributed by atoms with Crippen molar-refractivity contribution in [1.29, 1.82) is 0 Å². The van der Waals surface area contributed by atoms with Gasteiger partial charge < -0.3 is 19.9 Å². The van der Waals surface area contributed by atoms with Gasteiger partial charge in [-0.3, -0.25) is 14.4 Å². The Balaban J connectivity index is 2.08. The number of hydrogen-bond donors (Lipinski definition) is 1. The second kappa shape index (κ2) is 8.00. The van der Waals surface area contributed by atoms with E-state index in [9.17, 15) is 14.4 Å². The normalized spacial score (nSPS) is 14.4. The molecule has 1 aromatic carbocycles. The molecule has 25 heavy (non-hydrogen) atoms. The lowest BCUT2D eigenvalue weighted by Gasteiger charge is -2.35. The zero-order valence-corrected chi connectivity index (χ0v) is 15.2. The average molecular weight is 347 g/mol. The monoisotopic (exact) mass is 347 g/mol. The standard InChI is InChI=1S/C18H25N3O4/c1-12(2)17(23)20-7-9-21(10-8-20)18(24)14-5-6-16(25-4)15(11-14)19-13(3)22/h5-6,11-12H,7-10H2,1-4H3,(H,19,22). The Hall–Kier alpha value is -2.57. The summed E-state index contributed by atoms with van der Waals surface area (Å²) in [6.45, 7) is 7.23. The molecule has 2 rings (SSSR count). The average Bonchev–Trinajstić information content (AvgIpc) is 2.60. The molecule has 3 amide bonds. The molecule has 0 aliphatic carbocycles. The maximum Gasteiger partial charge on any atom is 0.254 e. The Morgan fingerprint density at radius 3 is 2.20 bits per heavy atom. The maximum atomic E-state index is 12.7. The van der Waals surface area contributed by atoms with E-state index in [0.29, 0.717) is 43.2 Å². The third-order valence-corrected chi connectivity index (χ3v) is 4.13. The first kappa shape index (κ1) is 18.8. The summed E-state index contributed by atoms with van der Waals surface area (Å²) in [6.07, 6.45) is 0. The Morgan fingerprint density at radius 2 is 1.68 bits per heavy atom. The summed E-state index contributed by atoms with van der Waals surface area (Å²) in [5.41, 5.74) is 0.947. The second-order valence-corrected chi connectivity index (χ2v) is 6.37. The Morgan fingerprint density at radius 1 is 1.08 bits per heavy atom. The van der Waals surface area contributed by atoms with Crippen molar-refractivity contribution >= 4 is 23.4 Å². The minimum atomic E-state index is -0.233. The molecule has 0 unspecified atom stereocenters. The van der Waals surface area contributed by atoms with Gasteiger partial charge in [0.25, 0.3) is 5.91 Å². The summed E-state index contributed by atoms with van der Waals surface area (Å²) in [5, 5.41) is 2.67. The van der Waals surface area contributed by atoms with E-state index in [1.807, 2.05) is 13.8 Å². The van der Waals surface area contributed by atoms with Gasteiger partial charge in [0.2, 0.25) is 11.8 Å². The third kappa shape index (κ3) is 4.49. The second-order valence-electron chi connectivity index (χ2n) is 6.37. The Kier molecular flexibility index (Phi) is 6.01. The molecule has 0 atom stereocenters. The number of methoxy groups -OCH3 is 1. The molecule has 1 aliphatic heterocycles. The van der Waals surface area contributed by atoms with E-state index in [1.165, 1.54) is 14.0 Å². The van der Waals surface area contributed by atoms with Crippen molar-refractivity contribution in [1.82, 2.24) is 9.80 Å². The first-order valence-electron chi connectivity index (χ1n) is 8.37. The molecule has 0 radical (unpaired) electrons. The lowest BCUT2D eigenvalue weighted by molar-refractivity contribution is -0.135. The highest BCUT2D eigenvalue weighted by Crippen LogP contribution is 2.26. The summed E-state index contributed by atoms with van der Waals surface area (Å²) >= 11 is 0. The highest BCUT2D eigenvalue weighted by molar-refractivity contribution is 5.98. The minimum Gasteiger partial charge on any atom is -0.495 e.